The van der Waals surface area contributed by atoms with Crippen molar-refractivity contribution in [2.45, 2.75) is 25.7 Å². The second-order valence-electron chi connectivity index (χ2n) is 4.37. The highest BCUT2D eigenvalue weighted by molar-refractivity contribution is 7.93. The van der Waals surface area contributed by atoms with Gasteiger partial charge in [-0.1, -0.05) is 6.07 Å². The van der Waals surface area contributed by atoms with Gasteiger partial charge in [-0.2, -0.15) is 0 Å². The molecule has 3 nitrogen and oxygen atoms in total. The Labute approximate surface area is 116 Å². The van der Waals surface area contributed by atoms with E-state index in [0.717, 1.165) is 10.4 Å². The predicted octanol–water partition coefficient (Wildman–Crippen LogP) is 3.61. The van der Waals surface area contributed by atoms with E-state index in [9.17, 15) is 12.8 Å². The Balaban J connectivity index is 2.42. The lowest BCUT2D eigenvalue weighted by Crippen LogP contribution is -2.14. The van der Waals surface area contributed by atoms with Gasteiger partial charge in [0.05, 0.1) is 5.69 Å². The van der Waals surface area contributed by atoms with Crippen LogP contribution in [0.5, 0.6) is 0 Å². The molecule has 0 bridgehead atoms. The van der Waals surface area contributed by atoms with E-state index in [1.165, 1.54) is 23.5 Å². The fraction of sp³-hybridized carbons (Fsp3) is 0.231. The Morgan fingerprint density at radius 1 is 1.16 bits per heavy atom. The number of hydrogen-bond acceptors (Lipinski definition) is 3. The molecule has 0 aliphatic rings. The van der Waals surface area contributed by atoms with Gasteiger partial charge < -0.3 is 0 Å². The molecule has 1 aromatic heterocycles. The Morgan fingerprint density at radius 2 is 1.84 bits per heavy atom. The zero-order chi connectivity index (χ0) is 14.2. The Kier molecular flexibility index (Phi) is 3.64. The molecule has 0 aliphatic carbocycles. The smallest absolute Gasteiger partial charge is 0.263 e. The summed E-state index contributed by atoms with van der Waals surface area (Å²) in [6.45, 7) is 5.35. The number of anilines is 1. The largest absolute Gasteiger partial charge is 0.277 e. The Morgan fingerprint density at radius 3 is 2.42 bits per heavy atom. The Hall–Kier alpha value is -1.40. The lowest BCUT2D eigenvalue weighted by molar-refractivity contribution is 0.598. The van der Waals surface area contributed by atoms with Crippen LogP contribution in [0.1, 0.15) is 15.3 Å². The van der Waals surface area contributed by atoms with E-state index in [-0.39, 0.29) is 10.6 Å². The van der Waals surface area contributed by atoms with E-state index in [2.05, 4.69) is 4.72 Å². The van der Waals surface area contributed by atoms with Crippen LogP contribution in [0.4, 0.5) is 10.1 Å². The fourth-order valence-electron chi connectivity index (χ4n) is 1.79. The van der Waals surface area contributed by atoms with E-state index >= 15 is 0 Å². The topological polar surface area (TPSA) is 46.2 Å². The molecule has 0 spiro atoms. The molecular weight excluding hydrogens is 285 g/mol. The summed E-state index contributed by atoms with van der Waals surface area (Å²) in [5, 5.41) is 0. The summed E-state index contributed by atoms with van der Waals surface area (Å²) in [4.78, 5) is 1.80. The van der Waals surface area contributed by atoms with E-state index in [0.29, 0.717) is 4.88 Å². The van der Waals surface area contributed by atoms with Crippen LogP contribution in [0.25, 0.3) is 0 Å². The van der Waals surface area contributed by atoms with Gasteiger partial charge in [-0.25, -0.2) is 12.8 Å². The number of aryl methyl sites for hydroxylation is 3. The summed E-state index contributed by atoms with van der Waals surface area (Å²) < 4.78 is 40.4. The van der Waals surface area contributed by atoms with Crippen LogP contribution in [0.3, 0.4) is 0 Å². The minimum Gasteiger partial charge on any atom is -0.277 e. The van der Waals surface area contributed by atoms with Gasteiger partial charge in [0.2, 0.25) is 0 Å². The maximum Gasteiger partial charge on any atom is 0.263 e. The van der Waals surface area contributed by atoms with Crippen molar-refractivity contribution in [3.63, 3.8) is 0 Å². The van der Waals surface area contributed by atoms with Crippen LogP contribution >= 0.6 is 11.3 Å². The second-order valence-corrected chi connectivity index (χ2v) is 7.48. The zero-order valence-corrected chi connectivity index (χ0v) is 12.5. The molecule has 0 radical (unpaired) electrons. The molecule has 0 amide bonds. The highest BCUT2D eigenvalue weighted by Gasteiger charge is 2.20. The van der Waals surface area contributed by atoms with Crippen LogP contribution in [-0.2, 0) is 10.0 Å². The van der Waals surface area contributed by atoms with Gasteiger partial charge in [0.1, 0.15) is 10.7 Å². The van der Waals surface area contributed by atoms with Crippen molar-refractivity contribution < 1.29 is 12.8 Å². The molecule has 1 N–H and O–H groups in total. The maximum atomic E-state index is 13.6. The van der Waals surface area contributed by atoms with Crippen molar-refractivity contribution in [1.82, 2.24) is 0 Å². The monoisotopic (exact) mass is 299 g/mol. The summed E-state index contributed by atoms with van der Waals surface area (Å²) in [5.74, 6) is -0.584. The summed E-state index contributed by atoms with van der Waals surface area (Å²) in [6, 6.07) is 5.91. The first kappa shape index (κ1) is 14.0. The molecule has 0 unspecified atom stereocenters. The number of benzene rings is 1. The minimum atomic E-state index is -3.74. The third-order valence-electron chi connectivity index (χ3n) is 2.65. The molecule has 0 atom stereocenters. The van der Waals surface area contributed by atoms with Crippen molar-refractivity contribution in [2.24, 2.45) is 0 Å². The van der Waals surface area contributed by atoms with Gasteiger partial charge in [-0.15, -0.1) is 11.3 Å². The van der Waals surface area contributed by atoms with Gasteiger partial charge in [-0.3, -0.25) is 4.72 Å². The first-order valence-electron chi connectivity index (χ1n) is 5.65. The van der Waals surface area contributed by atoms with Gasteiger partial charge in [0.25, 0.3) is 10.0 Å². The van der Waals surface area contributed by atoms with Gasteiger partial charge in [-0.05, 0) is 44.5 Å². The number of halogens is 1. The Bertz CT molecular complexity index is 720. The molecule has 0 saturated carbocycles. The molecule has 2 rings (SSSR count). The van der Waals surface area contributed by atoms with Crippen LogP contribution in [0.15, 0.2) is 29.2 Å². The van der Waals surface area contributed by atoms with Gasteiger partial charge in [0, 0.05) is 9.75 Å². The molecule has 0 fully saturated rings. The summed E-state index contributed by atoms with van der Waals surface area (Å²) in [6.07, 6.45) is 0. The molecule has 2 aromatic rings. The molecule has 102 valence electrons. The number of thiophene rings is 1. The summed E-state index contributed by atoms with van der Waals surface area (Å²) >= 11 is 1.40. The molecule has 0 aliphatic heterocycles. The average molecular weight is 299 g/mol. The van der Waals surface area contributed by atoms with E-state index in [4.69, 9.17) is 0 Å². The van der Waals surface area contributed by atoms with Crippen molar-refractivity contribution in [2.75, 3.05) is 4.72 Å². The van der Waals surface area contributed by atoms with E-state index in [1.54, 1.807) is 26.0 Å². The van der Waals surface area contributed by atoms with Crippen molar-refractivity contribution in [3.8, 4) is 0 Å². The highest BCUT2D eigenvalue weighted by atomic mass is 32.2. The lowest BCUT2D eigenvalue weighted by Gasteiger charge is -2.09. The summed E-state index contributed by atoms with van der Waals surface area (Å²) in [5.41, 5.74) is 0.764. The van der Waals surface area contributed by atoms with Gasteiger partial charge in [0.15, 0.2) is 0 Å². The van der Waals surface area contributed by atoms with E-state index < -0.39 is 15.8 Å². The quantitative estimate of drug-likeness (QED) is 0.941. The van der Waals surface area contributed by atoms with Crippen LogP contribution in [-0.4, -0.2) is 8.42 Å². The first-order chi connectivity index (χ1) is 8.79. The molecular formula is C13H14FNO2S2. The zero-order valence-electron chi connectivity index (χ0n) is 10.8. The third-order valence-corrected chi connectivity index (χ3v) is 5.24. The van der Waals surface area contributed by atoms with Gasteiger partial charge >= 0.3 is 0 Å². The fourth-order valence-corrected chi connectivity index (χ4v) is 4.41. The molecule has 1 heterocycles. The first-order valence-corrected chi connectivity index (χ1v) is 7.95. The number of hydrogen-bond donors (Lipinski definition) is 1. The molecule has 1 aromatic carbocycles. The normalized spacial score (nSPS) is 11.6. The highest BCUT2D eigenvalue weighted by Crippen LogP contribution is 2.27. The second kappa shape index (κ2) is 4.94. The van der Waals surface area contributed by atoms with Crippen LogP contribution in [0, 0.1) is 26.6 Å². The van der Waals surface area contributed by atoms with Crippen LogP contribution < -0.4 is 4.72 Å². The van der Waals surface area contributed by atoms with Crippen molar-refractivity contribution >= 4 is 27.0 Å². The molecule has 6 heteroatoms. The number of nitrogens with one attached hydrogen (secondary N) is 1. The van der Waals surface area contributed by atoms with Crippen molar-refractivity contribution in [3.05, 3.63) is 45.4 Å². The summed E-state index contributed by atoms with van der Waals surface area (Å²) in [7, 11) is -3.74. The minimum absolute atomic E-state index is 0.0248. The van der Waals surface area contributed by atoms with E-state index in [1.807, 2.05) is 6.92 Å². The predicted molar refractivity (Wildman–Crippen MR) is 75.7 cm³/mol. The molecule has 19 heavy (non-hydrogen) atoms. The third kappa shape index (κ3) is 2.96. The SMILES string of the molecule is Cc1ccc(F)c(NS(=O)(=O)c2cc(C)sc2C)c1. The average Bonchev–Trinajstić information content (AvgIpc) is 2.63. The lowest BCUT2D eigenvalue weighted by atomic mass is 10.2. The number of sulfonamides is 1. The molecule has 0 saturated heterocycles. The number of rotatable bonds is 3. The van der Waals surface area contributed by atoms with Crippen LogP contribution in [0.2, 0.25) is 0 Å². The van der Waals surface area contributed by atoms with Crippen molar-refractivity contribution in [1.29, 1.82) is 0 Å². The standard InChI is InChI=1S/C13H14FNO2S2/c1-8-4-5-11(14)12(6-8)15-19(16,17)13-7-9(2)18-10(13)3/h4-7,15H,1-3H3. The maximum absolute atomic E-state index is 13.6.